The minimum atomic E-state index is -0.162. The van der Waals surface area contributed by atoms with Crippen LogP contribution < -0.4 is 15.4 Å². The van der Waals surface area contributed by atoms with Crippen LogP contribution in [0.4, 0.5) is 9.80 Å². The summed E-state index contributed by atoms with van der Waals surface area (Å²) in [5.41, 5.74) is 3.36. The third kappa shape index (κ3) is 5.53. The summed E-state index contributed by atoms with van der Waals surface area (Å²) >= 11 is 1.37. The van der Waals surface area contributed by atoms with Gasteiger partial charge in [-0.15, -0.1) is 11.3 Å². The van der Waals surface area contributed by atoms with E-state index in [1.807, 2.05) is 36.4 Å². The summed E-state index contributed by atoms with van der Waals surface area (Å²) in [6.45, 7) is 1.33. The van der Waals surface area contributed by atoms with Crippen molar-refractivity contribution in [3.8, 4) is 11.8 Å². The van der Waals surface area contributed by atoms with Gasteiger partial charge in [-0.1, -0.05) is 18.2 Å². The van der Waals surface area contributed by atoms with Crippen molar-refractivity contribution in [2.24, 2.45) is 0 Å². The highest BCUT2D eigenvalue weighted by atomic mass is 32.1. The number of fused-ring (bicyclic) bond motifs is 1. The van der Waals surface area contributed by atoms with Crippen molar-refractivity contribution in [1.29, 1.82) is 5.26 Å². The van der Waals surface area contributed by atoms with Crippen LogP contribution in [0.5, 0.6) is 5.75 Å². The van der Waals surface area contributed by atoms with Gasteiger partial charge in [-0.3, -0.25) is 9.78 Å². The average Bonchev–Trinajstić information content (AvgIpc) is 3.22. The lowest BCUT2D eigenvalue weighted by Gasteiger charge is -2.27. The number of nitrogens with one attached hydrogen (secondary N) is 2. The number of carbonyl (C=O) groups is 2. The second-order valence-electron chi connectivity index (χ2n) is 7.91. The Hall–Kier alpha value is -3.90. The van der Waals surface area contributed by atoms with E-state index in [2.05, 4.69) is 21.7 Å². The lowest BCUT2D eigenvalue weighted by Crippen LogP contribution is -2.42. The molecule has 0 fully saturated rings. The minimum Gasteiger partial charge on any atom is -0.497 e. The smallest absolute Gasteiger partial charge is 0.318 e. The zero-order chi connectivity index (χ0) is 23.9. The highest BCUT2D eigenvalue weighted by Crippen LogP contribution is 2.36. The van der Waals surface area contributed by atoms with Crippen molar-refractivity contribution in [1.82, 2.24) is 15.2 Å². The number of anilines is 1. The number of hydrogen-bond acceptors (Lipinski definition) is 6. The molecule has 174 valence electrons. The Morgan fingerprint density at radius 2 is 2.12 bits per heavy atom. The number of rotatable bonds is 7. The molecule has 1 aromatic carbocycles. The van der Waals surface area contributed by atoms with Crippen molar-refractivity contribution in [2.45, 2.75) is 32.4 Å². The molecule has 3 heterocycles. The molecule has 4 rings (SSSR count). The van der Waals surface area contributed by atoms with Gasteiger partial charge in [-0.05, 0) is 47.7 Å². The number of hydrogen-bond donors (Lipinski definition) is 2. The van der Waals surface area contributed by atoms with Crippen molar-refractivity contribution < 1.29 is 14.3 Å². The Balaban J connectivity index is 1.36. The van der Waals surface area contributed by atoms with Crippen LogP contribution in [0, 0.1) is 11.3 Å². The van der Waals surface area contributed by atoms with Gasteiger partial charge in [0.05, 0.1) is 19.2 Å². The molecule has 0 spiro atoms. The number of pyridine rings is 1. The van der Waals surface area contributed by atoms with E-state index in [4.69, 9.17) is 4.74 Å². The van der Waals surface area contributed by atoms with Gasteiger partial charge in [-0.25, -0.2) is 4.79 Å². The van der Waals surface area contributed by atoms with Crippen molar-refractivity contribution in [3.63, 3.8) is 0 Å². The number of aryl methyl sites for hydroxylation is 1. The number of carbonyl (C=O) groups excluding carboxylic acids is 2. The first-order chi connectivity index (χ1) is 16.6. The molecule has 0 unspecified atom stereocenters. The molecule has 0 radical (unpaired) electrons. The Labute approximate surface area is 202 Å². The third-order valence-electron chi connectivity index (χ3n) is 5.65. The summed E-state index contributed by atoms with van der Waals surface area (Å²) in [5.74, 6) is 0.605. The summed E-state index contributed by atoms with van der Waals surface area (Å²) in [6.07, 6.45) is 4.85. The van der Waals surface area contributed by atoms with Crippen LogP contribution in [0.25, 0.3) is 0 Å². The number of aromatic nitrogens is 1. The third-order valence-corrected chi connectivity index (χ3v) is 6.78. The minimum absolute atomic E-state index is 0.149. The predicted molar refractivity (Wildman–Crippen MR) is 130 cm³/mol. The van der Waals surface area contributed by atoms with E-state index in [9.17, 15) is 14.9 Å². The molecule has 2 aromatic heterocycles. The highest BCUT2D eigenvalue weighted by molar-refractivity contribution is 7.16. The molecule has 0 bridgehead atoms. The zero-order valence-electron chi connectivity index (χ0n) is 18.8. The fourth-order valence-corrected chi connectivity index (χ4v) is 5.08. The van der Waals surface area contributed by atoms with E-state index in [1.165, 1.54) is 11.3 Å². The monoisotopic (exact) mass is 475 g/mol. The van der Waals surface area contributed by atoms with E-state index >= 15 is 0 Å². The molecular formula is C25H25N5O3S. The quantitative estimate of drug-likeness (QED) is 0.540. The first-order valence-electron chi connectivity index (χ1n) is 11.0. The molecule has 0 saturated carbocycles. The Kier molecular flexibility index (Phi) is 7.40. The fraction of sp³-hybridized carbons (Fsp3) is 0.280. The van der Waals surface area contributed by atoms with Gasteiger partial charge in [0, 0.05) is 36.8 Å². The number of methoxy groups -OCH3 is 1. The molecule has 1 aliphatic heterocycles. The molecule has 3 aromatic rings. The van der Waals surface area contributed by atoms with Gasteiger partial charge in [-0.2, -0.15) is 5.26 Å². The molecular weight excluding hydrogens is 450 g/mol. The predicted octanol–water partition coefficient (Wildman–Crippen LogP) is 3.86. The van der Waals surface area contributed by atoms with Crippen LogP contribution in [0.1, 0.15) is 33.6 Å². The maximum absolute atomic E-state index is 12.6. The second kappa shape index (κ2) is 10.8. The molecule has 0 saturated heterocycles. The molecule has 3 amide bonds. The number of benzene rings is 1. The summed E-state index contributed by atoms with van der Waals surface area (Å²) in [4.78, 5) is 31.9. The first kappa shape index (κ1) is 23.3. The summed E-state index contributed by atoms with van der Waals surface area (Å²) in [6, 6.07) is 13.4. The Morgan fingerprint density at radius 1 is 1.26 bits per heavy atom. The maximum Gasteiger partial charge on any atom is 0.318 e. The molecule has 8 nitrogen and oxygen atoms in total. The van der Waals surface area contributed by atoms with Crippen LogP contribution in [0.15, 0.2) is 48.8 Å². The van der Waals surface area contributed by atoms with Crippen LogP contribution in [-0.4, -0.2) is 35.5 Å². The van der Waals surface area contributed by atoms with E-state index in [0.29, 0.717) is 49.5 Å². The van der Waals surface area contributed by atoms with Gasteiger partial charge < -0.3 is 20.3 Å². The van der Waals surface area contributed by atoms with Gasteiger partial charge in [0.15, 0.2) is 0 Å². The largest absolute Gasteiger partial charge is 0.497 e. The number of nitriles is 1. The van der Waals surface area contributed by atoms with Gasteiger partial charge in [0.2, 0.25) is 5.91 Å². The number of nitrogens with zero attached hydrogens (tertiary/aromatic N) is 3. The second-order valence-corrected chi connectivity index (χ2v) is 9.02. The SMILES string of the molecule is COc1cccc(CCC(=O)Nc2sc3c(c2C#N)CCN(C(=O)NCc2cccnc2)C3)c1. The van der Waals surface area contributed by atoms with Crippen LogP contribution in [0.2, 0.25) is 0 Å². The Morgan fingerprint density at radius 3 is 2.88 bits per heavy atom. The van der Waals surface area contributed by atoms with Crippen LogP contribution >= 0.6 is 11.3 Å². The number of urea groups is 1. The van der Waals surface area contributed by atoms with E-state index < -0.39 is 0 Å². The van der Waals surface area contributed by atoms with Crippen molar-refractivity contribution in [3.05, 3.63) is 75.9 Å². The van der Waals surface area contributed by atoms with E-state index in [-0.39, 0.29) is 11.9 Å². The standard InChI is InChI=1S/C25H25N5O3S/c1-33-19-6-2-4-17(12-19)7-8-23(31)29-24-21(13-26)20-9-11-30(16-22(20)34-24)25(32)28-15-18-5-3-10-27-14-18/h2-6,10,12,14H,7-9,11,15-16H2,1H3,(H,28,32)(H,29,31). The molecule has 0 aliphatic carbocycles. The lowest BCUT2D eigenvalue weighted by molar-refractivity contribution is -0.116. The number of thiophene rings is 1. The topological polar surface area (TPSA) is 107 Å². The molecule has 1 aliphatic rings. The van der Waals surface area contributed by atoms with Crippen molar-refractivity contribution in [2.75, 3.05) is 19.0 Å². The first-order valence-corrected chi connectivity index (χ1v) is 11.8. The van der Waals surface area contributed by atoms with Gasteiger partial charge in [0.25, 0.3) is 0 Å². The average molecular weight is 476 g/mol. The van der Waals surface area contributed by atoms with Crippen LogP contribution in [-0.2, 0) is 30.7 Å². The van der Waals surface area contributed by atoms with Gasteiger partial charge >= 0.3 is 6.03 Å². The summed E-state index contributed by atoms with van der Waals surface area (Å²) in [7, 11) is 1.61. The number of ether oxygens (including phenoxy) is 1. The van der Waals surface area contributed by atoms with Gasteiger partial charge in [0.1, 0.15) is 16.8 Å². The zero-order valence-corrected chi connectivity index (χ0v) is 19.7. The molecule has 0 atom stereocenters. The summed E-state index contributed by atoms with van der Waals surface area (Å²) < 4.78 is 5.23. The fourth-order valence-electron chi connectivity index (χ4n) is 3.85. The van der Waals surface area contributed by atoms with Crippen molar-refractivity contribution >= 4 is 28.3 Å². The molecule has 2 N–H and O–H groups in total. The summed E-state index contributed by atoms with van der Waals surface area (Å²) in [5, 5.41) is 16.1. The normalized spacial score (nSPS) is 12.4. The number of amides is 3. The van der Waals surface area contributed by atoms with Crippen LogP contribution in [0.3, 0.4) is 0 Å². The van der Waals surface area contributed by atoms with E-state index in [0.717, 1.165) is 27.3 Å². The molecule has 34 heavy (non-hydrogen) atoms. The lowest BCUT2D eigenvalue weighted by atomic mass is 10.0. The van der Waals surface area contributed by atoms with E-state index in [1.54, 1.807) is 24.4 Å². The maximum atomic E-state index is 12.6. The highest BCUT2D eigenvalue weighted by Gasteiger charge is 2.27. The molecule has 9 heteroatoms. The Bertz CT molecular complexity index is 1220.